The summed E-state index contributed by atoms with van der Waals surface area (Å²) in [6.45, 7) is 1.78. The Kier molecular flexibility index (Phi) is 2.76. The van der Waals surface area contributed by atoms with E-state index in [1.807, 2.05) is 48.5 Å². The van der Waals surface area contributed by atoms with Crippen molar-refractivity contribution < 1.29 is 0 Å². The second-order valence-corrected chi connectivity index (χ2v) is 4.31. The van der Waals surface area contributed by atoms with Crippen molar-refractivity contribution in [3.63, 3.8) is 0 Å². The molecule has 3 aromatic rings. The first-order valence-electron chi connectivity index (χ1n) is 6.06. The summed E-state index contributed by atoms with van der Waals surface area (Å²) >= 11 is 0. The first-order valence-corrected chi connectivity index (χ1v) is 6.06. The molecule has 0 spiro atoms. The van der Waals surface area contributed by atoms with Gasteiger partial charge in [-0.3, -0.25) is 9.20 Å². The van der Waals surface area contributed by atoms with Crippen LogP contribution in [-0.2, 0) is 0 Å². The summed E-state index contributed by atoms with van der Waals surface area (Å²) in [6.07, 6.45) is 1.73. The van der Waals surface area contributed by atoms with E-state index >= 15 is 0 Å². The normalized spacial score (nSPS) is 10.6. The van der Waals surface area contributed by atoms with Gasteiger partial charge >= 0.3 is 0 Å². The molecule has 0 aliphatic rings. The van der Waals surface area contributed by atoms with Crippen molar-refractivity contribution in [2.45, 2.75) is 6.92 Å². The van der Waals surface area contributed by atoms with E-state index in [0.29, 0.717) is 17.0 Å². The van der Waals surface area contributed by atoms with Gasteiger partial charge in [-0.2, -0.15) is 0 Å². The van der Waals surface area contributed by atoms with Crippen LogP contribution in [0.15, 0.2) is 59.5 Å². The fourth-order valence-electron chi connectivity index (χ4n) is 1.96. The number of benzene rings is 1. The smallest absolute Gasteiger partial charge is 0.262 e. The lowest BCUT2D eigenvalue weighted by Crippen LogP contribution is -2.19. The van der Waals surface area contributed by atoms with Crippen LogP contribution in [0.3, 0.4) is 0 Å². The van der Waals surface area contributed by atoms with Crippen LogP contribution in [-0.4, -0.2) is 9.38 Å². The van der Waals surface area contributed by atoms with Gasteiger partial charge in [0.2, 0.25) is 0 Å². The zero-order valence-corrected chi connectivity index (χ0v) is 10.5. The number of aromatic nitrogens is 2. The summed E-state index contributed by atoms with van der Waals surface area (Å²) in [4.78, 5) is 16.7. The SMILES string of the molecule is Cc1c(Nc2ccccc2)nc2ccccn2c1=O. The van der Waals surface area contributed by atoms with Crippen molar-refractivity contribution >= 4 is 17.2 Å². The minimum Gasteiger partial charge on any atom is -0.340 e. The number of para-hydroxylation sites is 1. The van der Waals surface area contributed by atoms with Crippen LogP contribution in [0.5, 0.6) is 0 Å². The van der Waals surface area contributed by atoms with E-state index in [1.165, 1.54) is 0 Å². The quantitative estimate of drug-likeness (QED) is 0.761. The average Bonchev–Trinajstić information content (AvgIpc) is 2.46. The van der Waals surface area contributed by atoms with Crippen molar-refractivity contribution in [2.24, 2.45) is 0 Å². The van der Waals surface area contributed by atoms with Crippen LogP contribution in [0, 0.1) is 6.92 Å². The van der Waals surface area contributed by atoms with Gasteiger partial charge in [-0.15, -0.1) is 0 Å². The molecule has 0 amide bonds. The Morgan fingerprint density at radius 2 is 1.79 bits per heavy atom. The second-order valence-electron chi connectivity index (χ2n) is 4.31. The highest BCUT2D eigenvalue weighted by Crippen LogP contribution is 2.16. The lowest BCUT2D eigenvalue weighted by molar-refractivity contribution is 1.02. The van der Waals surface area contributed by atoms with Crippen molar-refractivity contribution in [3.05, 3.63) is 70.6 Å². The summed E-state index contributed by atoms with van der Waals surface area (Å²) in [5.41, 5.74) is 2.10. The lowest BCUT2D eigenvalue weighted by atomic mass is 10.3. The highest BCUT2D eigenvalue weighted by molar-refractivity contribution is 5.61. The standard InChI is InChI=1S/C15H13N3O/c1-11-14(16-12-7-3-2-4-8-12)17-13-9-5-6-10-18(13)15(11)19/h2-10,16H,1H3. The molecule has 0 aliphatic heterocycles. The predicted octanol–water partition coefficient (Wildman–Crippen LogP) is 2.75. The molecule has 3 rings (SSSR count). The van der Waals surface area contributed by atoms with Crippen molar-refractivity contribution in [2.75, 3.05) is 5.32 Å². The number of pyridine rings is 1. The van der Waals surface area contributed by atoms with Crippen LogP contribution in [0.4, 0.5) is 11.5 Å². The largest absolute Gasteiger partial charge is 0.340 e. The minimum absolute atomic E-state index is 0.0518. The first-order chi connectivity index (χ1) is 9.25. The molecule has 0 radical (unpaired) electrons. The molecule has 0 atom stereocenters. The number of hydrogen-bond donors (Lipinski definition) is 1. The van der Waals surface area contributed by atoms with Gasteiger partial charge in [0, 0.05) is 11.9 Å². The highest BCUT2D eigenvalue weighted by atomic mass is 16.1. The molecule has 4 nitrogen and oxygen atoms in total. The summed E-state index contributed by atoms with van der Waals surface area (Å²) in [6, 6.07) is 15.2. The van der Waals surface area contributed by atoms with Crippen LogP contribution in [0.25, 0.3) is 5.65 Å². The third-order valence-corrected chi connectivity index (χ3v) is 3.00. The van der Waals surface area contributed by atoms with Crippen LogP contribution in [0.1, 0.15) is 5.56 Å². The Morgan fingerprint density at radius 1 is 1.05 bits per heavy atom. The number of rotatable bonds is 2. The van der Waals surface area contributed by atoms with E-state index in [4.69, 9.17) is 0 Å². The number of nitrogens with zero attached hydrogens (tertiary/aromatic N) is 2. The number of hydrogen-bond acceptors (Lipinski definition) is 3. The Hall–Kier alpha value is -2.62. The van der Waals surface area contributed by atoms with Gasteiger partial charge in [0.1, 0.15) is 11.5 Å². The summed E-state index contributed by atoms with van der Waals surface area (Å²) in [5.74, 6) is 0.599. The lowest BCUT2D eigenvalue weighted by Gasteiger charge is -2.09. The van der Waals surface area contributed by atoms with Gasteiger partial charge < -0.3 is 5.32 Å². The molecule has 0 saturated heterocycles. The van der Waals surface area contributed by atoms with Gasteiger partial charge in [-0.25, -0.2) is 4.98 Å². The monoisotopic (exact) mass is 251 g/mol. The third-order valence-electron chi connectivity index (χ3n) is 3.00. The molecule has 0 fully saturated rings. The first kappa shape index (κ1) is 11.5. The molecular formula is C15H13N3O. The van der Waals surface area contributed by atoms with Gasteiger partial charge in [0.15, 0.2) is 0 Å². The molecule has 0 saturated carbocycles. The second kappa shape index (κ2) is 4.57. The molecule has 0 unspecified atom stereocenters. The average molecular weight is 251 g/mol. The zero-order chi connectivity index (χ0) is 13.2. The Balaban J connectivity index is 2.14. The molecule has 1 aromatic carbocycles. The fraction of sp³-hybridized carbons (Fsp3) is 0.0667. The molecule has 19 heavy (non-hydrogen) atoms. The Bertz CT molecular complexity index is 778. The van der Waals surface area contributed by atoms with Crippen molar-refractivity contribution in [1.29, 1.82) is 0 Å². The molecule has 0 aliphatic carbocycles. The molecule has 4 heteroatoms. The van der Waals surface area contributed by atoms with Crippen LogP contribution in [0.2, 0.25) is 0 Å². The summed E-state index contributed by atoms with van der Waals surface area (Å²) in [5, 5.41) is 3.18. The van der Waals surface area contributed by atoms with E-state index in [1.54, 1.807) is 17.5 Å². The fourth-order valence-corrected chi connectivity index (χ4v) is 1.96. The molecule has 1 N–H and O–H groups in total. The van der Waals surface area contributed by atoms with Crippen LogP contribution < -0.4 is 10.9 Å². The van der Waals surface area contributed by atoms with E-state index in [0.717, 1.165) is 5.69 Å². The van der Waals surface area contributed by atoms with Crippen LogP contribution >= 0.6 is 0 Å². The molecule has 2 aromatic heterocycles. The van der Waals surface area contributed by atoms with E-state index < -0.39 is 0 Å². The maximum atomic E-state index is 12.2. The summed E-state index contributed by atoms with van der Waals surface area (Å²) < 4.78 is 1.55. The maximum absolute atomic E-state index is 12.2. The third kappa shape index (κ3) is 2.08. The molecular weight excluding hydrogens is 238 g/mol. The zero-order valence-electron chi connectivity index (χ0n) is 10.5. The topological polar surface area (TPSA) is 46.4 Å². The van der Waals surface area contributed by atoms with E-state index in [9.17, 15) is 4.79 Å². The minimum atomic E-state index is -0.0518. The molecule has 94 valence electrons. The summed E-state index contributed by atoms with van der Waals surface area (Å²) in [7, 11) is 0. The number of fused-ring (bicyclic) bond motifs is 1. The number of nitrogens with one attached hydrogen (secondary N) is 1. The number of anilines is 2. The molecule has 2 heterocycles. The van der Waals surface area contributed by atoms with Gasteiger partial charge in [0.05, 0.1) is 5.56 Å². The van der Waals surface area contributed by atoms with E-state index in [2.05, 4.69) is 10.3 Å². The predicted molar refractivity (Wildman–Crippen MR) is 75.9 cm³/mol. The van der Waals surface area contributed by atoms with Crippen molar-refractivity contribution in [3.8, 4) is 0 Å². The highest BCUT2D eigenvalue weighted by Gasteiger charge is 2.08. The van der Waals surface area contributed by atoms with Gasteiger partial charge in [-0.1, -0.05) is 24.3 Å². The van der Waals surface area contributed by atoms with Gasteiger partial charge in [0.25, 0.3) is 5.56 Å². The molecule has 0 bridgehead atoms. The maximum Gasteiger partial charge on any atom is 0.262 e. The van der Waals surface area contributed by atoms with E-state index in [-0.39, 0.29) is 5.56 Å². The Morgan fingerprint density at radius 3 is 2.58 bits per heavy atom. The van der Waals surface area contributed by atoms with Gasteiger partial charge in [-0.05, 0) is 31.2 Å². The Labute approximate surface area is 110 Å². The van der Waals surface area contributed by atoms with Crippen molar-refractivity contribution in [1.82, 2.24) is 9.38 Å².